The SMILES string of the molecule is CCCNC1CC(c2cccs2)CN(C)C1. The number of rotatable bonds is 4. The Morgan fingerprint density at radius 2 is 2.38 bits per heavy atom. The second kappa shape index (κ2) is 5.80. The van der Waals surface area contributed by atoms with Crippen LogP contribution in [-0.4, -0.2) is 37.6 Å². The maximum absolute atomic E-state index is 3.66. The number of nitrogens with zero attached hydrogens (tertiary/aromatic N) is 1. The third-order valence-corrected chi connectivity index (χ3v) is 4.30. The van der Waals surface area contributed by atoms with Gasteiger partial charge < -0.3 is 10.2 Å². The molecule has 2 unspecified atom stereocenters. The van der Waals surface area contributed by atoms with Crippen molar-refractivity contribution in [2.45, 2.75) is 31.7 Å². The molecule has 16 heavy (non-hydrogen) atoms. The van der Waals surface area contributed by atoms with Crippen molar-refractivity contribution in [1.29, 1.82) is 0 Å². The highest BCUT2D eigenvalue weighted by atomic mass is 32.1. The van der Waals surface area contributed by atoms with Crippen LogP contribution in [-0.2, 0) is 0 Å². The molecule has 1 aromatic heterocycles. The van der Waals surface area contributed by atoms with Crippen LogP contribution in [0.4, 0.5) is 0 Å². The average Bonchev–Trinajstić information content (AvgIpc) is 2.79. The number of thiophene rings is 1. The van der Waals surface area contributed by atoms with E-state index in [1.54, 1.807) is 4.88 Å². The Bertz CT molecular complexity index is 297. The third kappa shape index (κ3) is 3.06. The lowest BCUT2D eigenvalue weighted by molar-refractivity contribution is 0.206. The quantitative estimate of drug-likeness (QED) is 0.867. The zero-order valence-electron chi connectivity index (χ0n) is 10.3. The molecule has 90 valence electrons. The average molecular weight is 238 g/mol. The summed E-state index contributed by atoms with van der Waals surface area (Å²) in [6.45, 7) is 5.79. The van der Waals surface area contributed by atoms with E-state index in [2.05, 4.69) is 41.7 Å². The molecule has 2 rings (SSSR count). The standard InChI is InChI=1S/C13H22N2S/c1-3-6-14-12-8-11(9-15(2)10-12)13-5-4-7-16-13/h4-5,7,11-12,14H,3,6,8-10H2,1-2H3. The van der Waals surface area contributed by atoms with Gasteiger partial charge in [-0.15, -0.1) is 11.3 Å². The lowest BCUT2D eigenvalue weighted by Crippen LogP contribution is -2.46. The molecule has 0 amide bonds. The predicted molar refractivity (Wildman–Crippen MR) is 71.3 cm³/mol. The third-order valence-electron chi connectivity index (χ3n) is 3.26. The molecule has 0 saturated carbocycles. The van der Waals surface area contributed by atoms with Crippen LogP contribution in [0.5, 0.6) is 0 Å². The van der Waals surface area contributed by atoms with Crippen LogP contribution >= 0.6 is 11.3 Å². The molecule has 1 N–H and O–H groups in total. The van der Waals surface area contributed by atoms with Crippen molar-refractivity contribution in [3.8, 4) is 0 Å². The highest BCUT2D eigenvalue weighted by Crippen LogP contribution is 2.29. The Kier molecular flexibility index (Phi) is 4.38. The first-order valence-corrected chi connectivity index (χ1v) is 7.13. The Balaban J connectivity index is 1.94. The summed E-state index contributed by atoms with van der Waals surface area (Å²) in [6.07, 6.45) is 2.52. The van der Waals surface area contributed by atoms with E-state index in [9.17, 15) is 0 Å². The minimum Gasteiger partial charge on any atom is -0.313 e. The zero-order chi connectivity index (χ0) is 11.4. The van der Waals surface area contributed by atoms with E-state index >= 15 is 0 Å². The normalized spacial score (nSPS) is 27.1. The number of likely N-dealkylation sites (N-methyl/N-ethyl adjacent to an activating group) is 1. The van der Waals surface area contributed by atoms with E-state index in [-0.39, 0.29) is 0 Å². The molecule has 0 radical (unpaired) electrons. The molecule has 2 atom stereocenters. The summed E-state index contributed by atoms with van der Waals surface area (Å²) in [5, 5.41) is 5.85. The molecule has 2 heterocycles. The van der Waals surface area contributed by atoms with Gasteiger partial charge in [0.1, 0.15) is 0 Å². The van der Waals surface area contributed by atoms with Gasteiger partial charge in [0.15, 0.2) is 0 Å². The molecule has 0 aromatic carbocycles. The van der Waals surface area contributed by atoms with Crippen molar-refractivity contribution in [1.82, 2.24) is 10.2 Å². The summed E-state index contributed by atoms with van der Waals surface area (Å²) < 4.78 is 0. The number of piperidine rings is 1. The monoisotopic (exact) mass is 238 g/mol. The summed E-state index contributed by atoms with van der Waals surface area (Å²) in [5.74, 6) is 0.730. The van der Waals surface area contributed by atoms with Gasteiger partial charge in [0.25, 0.3) is 0 Å². The van der Waals surface area contributed by atoms with Gasteiger partial charge in [-0.2, -0.15) is 0 Å². The number of likely N-dealkylation sites (tertiary alicyclic amines) is 1. The van der Waals surface area contributed by atoms with E-state index in [0.29, 0.717) is 6.04 Å². The Labute approximate surface area is 103 Å². The van der Waals surface area contributed by atoms with Crippen LogP contribution in [0.1, 0.15) is 30.6 Å². The molecule has 1 aliphatic rings. The van der Waals surface area contributed by atoms with Crippen molar-refractivity contribution in [2.75, 3.05) is 26.7 Å². The van der Waals surface area contributed by atoms with E-state index in [4.69, 9.17) is 0 Å². The Morgan fingerprint density at radius 3 is 3.06 bits per heavy atom. The van der Waals surface area contributed by atoms with Crippen LogP contribution in [0.3, 0.4) is 0 Å². The Morgan fingerprint density at radius 1 is 1.50 bits per heavy atom. The molecule has 3 heteroatoms. The summed E-state index contributed by atoms with van der Waals surface area (Å²) in [7, 11) is 2.24. The molecule has 1 aliphatic heterocycles. The summed E-state index contributed by atoms with van der Waals surface area (Å²) in [5.41, 5.74) is 0. The fraction of sp³-hybridized carbons (Fsp3) is 0.692. The van der Waals surface area contributed by atoms with Crippen molar-refractivity contribution in [2.24, 2.45) is 0 Å². The van der Waals surface area contributed by atoms with Crippen LogP contribution in [0.25, 0.3) is 0 Å². The fourth-order valence-corrected chi connectivity index (χ4v) is 3.38. The lowest BCUT2D eigenvalue weighted by atomic mass is 9.93. The van der Waals surface area contributed by atoms with Crippen LogP contribution < -0.4 is 5.32 Å². The number of nitrogens with one attached hydrogen (secondary N) is 1. The van der Waals surface area contributed by atoms with Crippen molar-refractivity contribution in [3.63, 3.8) is 0 Å². The first-order valence-electron chi connectivity index (χ1n) is 6.25. The Hall–Kier alpha value is -0.380. The van der Waals surface area contributed by atoms with Crippen molar-refractivity contribution < 1.29 is 0 Å². The minimum atomic E-state index is 0.672. The minimum absolute atomic E-state index is 0.672. The van der Waals surface area contributed by atoms with Crippen LogP contribution in [0, 0.1) is 0 Å². The number of hydrogen-bond acceptors (Lipinski definition) is 3. The van der Waals surface area contributed by atoms with E-state index < -0.39 is 0 Å². The molecule has 2 nitrogen and oxygen atoms in total. The highest BCUT2D eigenvalue weighted by molar-refractivity contribution is 7.10. The fourth-order valence-electron chi connectivity index (χ4n) is 2.55. The lowest BCUT2D eigenvalue weighted by Gasteiger charge is -2.35. The van der Waals surface area contributed by atoms with E-state index in [1.165, 1.54) is 25.9 Å². The highest BCUT2D eigenvalue weighted by Gasteiger charge is 2.26. The molecule has 1 aromatic rings. The first-order chi connectivity index (χ1) is 7.79. The van der Waals surface area contributed by atoms with Gasteiger partial charge in [-0.25, -0.2) is 0 Å². The maximum Gasteiger partial charge on any atom is 0.0201 e. The zero-order valence-corrected chi connectivity index (χ0v) is 11.1. The van der Waals surface area contributed by atoms with Gasteiger partial charge in [-0.3, -0.25) is 0 Å². The summed E-state index contributed by atoms with van der Waals surface area (Å²) in [6, 6.07) is 5.12. The molecule has 0 bridgehead atoms. The second-order valence-electron chi connectivity index (χ2n) is 4.82. The van der Waals surface area contributed by atoms with E-state index in [1.807, 2.05) is 11.3 Å². The molecule has 0 aliphatic carbocycles. The largest absolute Gasteiger partial charge is 0.313 e. The maximum atomic E-state index is 3.66. The van der Waals surface area contributed by atoms with Gasteiger partial charge >= 0.3 is 0 Å². The molecular formula is C13H22N2S. The predicted octanol–water partition coefficient (Wildman–Crippen LogP) is 2.54. The van der Waals surface area contributed by atoms with Crippen LogP contribution in [0.2, 0.25) is 0 Å². The number of hydrogen-bond donors (Lipinski definition) is 1. The van der Waals surface area contributed by atoms with Crippen molar-refractivity contribution >= 4 is 11.3 Å². The second-order valence-corrected chi connectivity index (χ2v) is 5.80. The summed E-state index contributed by atoms with van der Waals surface area (Å²) >= 11 is 1.90. The van der Waals surface area contributed by atoms with Gasteiger partial charge in [0.2, 0.25) is 0 Å². The summed E-state index contributed by atoms with van der Waals surface area (Å²) in [4.78, 5) is 4.01. The van der Waals surface area contributed by atoms with Crippen LogP contribution in [0.15, 0.2) is 17.5 Å². The molecule has 1 fully saturated rings. The van der Waals surface area contributed by atoms with Gasteiger partial charge in [0, 0.05) is 29.9 Å². The van der Waals surface area contributed by atoms with E-state index in [0.717, 1.165) is 12.5 Å². The molecule has 0 spiro atoms. The first kappa shape index (κ1) is 12.1. The topological polar surface area (TPSA) is 15.3 Å². The van der Waals surface area contributed by atoms with Gasteiger partial charge in [-0.1, -0.05) is 13.0 Å². The van der Waals surface area contributed by atoms with Gasteiger partial charge in [-0.05, 0) is 37.9 Å². The van der Waals surface area contributed by atoms with Crippen molar-refractivity contribution in [3.05, 3.63) is 22.4 Å². The smallest absolute Gasteiger partial charge is 0.0201 e. The molecule has 1 saturated heterocycles. The van der Waals surface area contributed by atoms with Gasteiger partial charge in [0.05, 0.1) is 0 Å². The molecular weight excluding hydrogens is 216 g/mol.